The molecule has 2 aliphatic rings. The van der Waals surface area contributed by atoms with Crippen molar-refractivity contribution in [3.63, 3.8) is 0 Å². The van der Waals surface area contributed by atoms with Crippen LogP contribution in [0.25, 0.3) is 43.2 Å². The van der Waals surface area contributed by atoms with Gasteiger partial charge in [-0.2, -0.15) is 0 Å². The minimum atomic E-state index is -0.340. The van der Waals surface area contributed by atoms with Gasteiger partial charge in [0.1, 0.15) is 11.7 Å². The van der Waals surface area contributed by atoms with Crippen molar-refractivity contribution in [3.05, 3.63) is 191 Å². The van der Waals surface area contributed by atoms with Crippen LogP contribution in [0.3, 0.4) is 0 Å². The summed E-state index contributed by atoms with van der Waals surface area (Å²) < 4.78 is 8.19. The van der Waals surface area contributed by atoms with Gasteiger partial charge in [-0.05, 0) is 64.7 Å². The number of hydrogen-bond acceptors (Lipinski definition) is 5. The molecule has 2 aromatic heterocycles. The predicted octanol–water partition coefficient (Wildman–Crippen LogP) is 13.5. The molecule has 5 heteroatoms. The highest BCUT2D eigenvalue weighted by Gasteiger charge is 2.36. The minimum Gasteiger partial charge on any atom is -0.454 e. The first-order valence-corrected chi connectivity index (χ1v) is 19.3. The third kappa shape index (κ3) is 4.58. The quantitative estimate of drug-likeness (QED) is 0.193. The predicted molar refractivity (Wildman–Crippen MR) is 226 cm³/mol. The van der Waals surface area contributed by atoms with Gasteiger partial charge in [0.15, 0.2) is 5.58 Å². The van der Waals surface area contributed by atoms with E-state index in [0.717, 1.165) is 61.5 Å². The van der Waals surface area contributed by atoms with Crippen LogP contribution in [-0.2, 0) is 5.41 Å². The van der Waals surface area contributed by atoms with Crippen LogP contribution >= 0.6 is 11.3 Å². The Balaban J connectivity index is 1.14. The van der Waals surface area contributed by atoms with Crippen LogP contribution in [0.15, 0.2) is 173 Å². The Bertz CT molecular complexity index is 2960. The molecule has 1 aliphatic heterocycles. The molecule has 0 saturated carbocycles. The van der Waals surface area contributed by atoms with Crippen molar-refractivity contribution in [1.29, 1.82) is 0 Å². The van der Waals surface area contributed by atoms with Gasteiger partial charge in [-0.1, -0.05) is 135 Å². The smallest absolute Gasteiger partial charge is 0.159 e. The maximum atomic E-state index is 6.94. The average molecular weight is 714 g/mol. The molecule has 0 amide bonds. The lowest BCUT2D eigenvalue weighted by molar-refractivity contribution is 0.660. The fraction of sp³-hybridized carbons (Fsp3) is 0.0816. The summed E-state index contributed by atoms with van der Waals surface area (Å²) in [6.45, 7) is 4.67. The van der Waals surface area contributed by atoms with E-state index in [1.807, 2.05) is 6.07 Å². The maximum absolute atomic E-state index is 6.94. The zero-order valence-corrected chi connectivity index (χ0v) is 30.7. The molecule has 3 heterocycles. The Labute approximate surface area is 317 Å². The summed E-state index contributed by atoms with van der Waals surface area (Å²) in [4.78, 5) is 9.04. The van der Waals surface area contributed by atoms with Crippen LogP contribution < -0.4 is 10.2 Å². The van der Waals surface area contributed by atoms with E-state index in [2.05, 4.69) is 182 Å². The Morgan fingerprint density at radius 2 is 1.35 bits per heavy atom. The zero-order valence-electron chi connectivity index (χ0n) is 29.9. The third-order valence-electron chi connectivity index (χ3n) is 11.3. The van der Waals surface area contributed by atoms with E-state index in [0.29, 0.717) is 0 Å². The van der Waals surface area contributed by atoms with Crippen LogP contribution in [0, 0.1) is 0 Å². The molecule has 7 aromatic carbocycles. The zero-order chi connectivity index (χ0) is 36.0. The summed E-state index contributed by atoms with van der Waals surface area (Å²) in [5, 5.41) is 7.26. The summed E-state index contributed by atoms with van der Waals surface area (Å²) in [5.74, 6) is 0. The minimum absolute atomic E-state index is 0.130. The summed E-state index contributed by atoms with van der Waals surface area (Å²) in [5.41, 5.74) is 14.3. The largest absolute Gasteiger partial charge is 0.454 e. The van der Waals surface area contributed by atoms with Crippen molar-refractivity contribution >= 4 is 71.8 Å². The van der Waals surface area contributed by atoms with Gasteiger partial charge in [0, 0.05) is 48.8 Å². The molecule has 0 spiro atoms. The summed E-state index contributed by atoms with van der Waals surface area (Å²) >= 11 is 1.80. The van der Waals surface area contributed by atoms with Crippen molar-refractivity contribution in [2.75, 3.05) is 10.2 Å². The molecule has 0 radical (unpaired) electrons. The van der Waals surface area contributed by atoms with Crippen LogP contribution in [0.2, 0.25) is 0 Å². The molecule has 11 rings (SSSR count). The van der Waals surface area contributed by atoms with Gasteiger partial charge in [0.25, 0.3) is 0 Å². The number of fused-ring (bicyclic) bond motifs is 9. The fourth-order valence-corrected chi connectivity index (χ4v) is 9.93. The van der Waals surface area contributed by atoms with Crippen LogP contribution in [0.4, 0.5) is 22.7 Å². The molecule has 54 heavy (non-hydrogen) atoms. The highest BCUT2D eigenvalue weighted by molar-refractivity contribution is 7.22. The van der Waals surface area contributed by atoms with Gasteiger partial charge in [-0.25, -0.2) is 0 Å². The van der Waals surface area contributed by atoms with Crippen LogP contribution in [-0.4, -0.2) is 5.71 Å². The number of furan rings is 1. The SMILES string of the molecule is CC1(C)c2ccccc2-c2ccc(N(c3ccccc3)c3ccc(C4N=C(c5ccccc5)c5sc6ccccc6c5N4)c4c3oc3ccccc34)cc21. The van der Waals surface area contributed by atoms with Crippen molar-refractivity contribution in [2.45, 2.75) is 25.4 Å². The van der Waals surface area contributed by atoms with E-state index in [1.165, 1.54) is 37.2 Å². The van der Waals surface area contributed by atoms with Gasteiger partial charge in [0.05, 0.1) is 22.0 Å². The number of anilines is 4. The number of aliphatic imine (C=N–C) groups is 1. The number of hydrogen-bond donors (Lipinski definition) is 1. The highest BCUT2D eigenvalue weighted by atomic mass is 32.1. The second kappa shape index (κ2) is 11.8. The summed E-state index contributed by atoms with van der Waals surface area (Å²) in [7, 11) is 0. The summed E-state index contributed by atoms with van der Waals surface area (Å²) in [6.07, 6.45) is -0.340. The van der Waals surface area contributed by atoms with E-state index < -0.39 is 0 Å². The third-order valence-corrected chi connectivity index (χ3v) is 12.5. The van der Waals surface area contributed by atoms with Crippen molar-refractivity contribution in [1.82, 2.24) is 0 Å². The first kappa shape index (κ1) is 31.1. The first-order chi connectivity index (χ1) is 26.5. The van der Waals surface area contributed by atoms with E-state index in [1.54, 1.807) is 11.3 Å². The molecule has 258 valence electrons. The van der Waals surface area contributed by atoms with Crippen LogP contribution in [0.1, 0.15) is 47.1 Å². The molecular weight excluding hydrogens is 679 g/mol. The monoisotopic (exact) mass is 713 g/mol. The van der Waals surface area contributed by atoms with Crippen molar-refractivity contribution < 1.29 is 4.42 Å². The number of thiophene rings is 1. The molecule has 1 unspecified atom stereocenters. The molecule has 0 saturated heterocycles. The maximum Gasteiger partial charge on any atom is 0.159 e. The van der Waals surface area contributed by atoms with Crippen molar-refractivity contribution in [3.8, 4) is 11.1 Å². The van der Waals surface area contributed by atoms with E-state index in [9.17, 15) is 0 Å². The lowest BCUT2D eigenvalue weighted by Gasteiger charge is -2.29. The standard InChI is InChI=1S/C49H35N3OS/c1-49(2)38-22-12-9-19-33(38)34-26-25-32(29-39(34)49)52(31-17-7-4-8-18-31)40-28-27-37(43-35-20-10-13-23-41(35)53-46(40)43)48-50-44(30-15-5-3-6-16-30)47-45(51-48)36-21-11-14-24-42(36)54-47/h3-29,48,51H,1-2H3. The number of benzene rings is 7. The van der Waals surface area contributed by atoms with E-state index in [-0.39, 0.29) is 11.6 Å². The fourth-order valence-electron chi connectivity index (χ4n) is 8.74. The first-order valence-electron chi connectivity index (χ1n) is 18.5. The number of para-hydroxylation sites is 2. The molecule has 1 atom stereocenters. The van der Waals surface area contributed by atoms with E-state index in [4.69, 9.17) is 9.41 Å². The molecule has 1 N–H and O–H groups in total. The molecular formula is C49H35N3OS. The summed E-state index contributed by atoms with van der Waals surface area (Å²) in [6, 6.07) is 58.5. The highest BCUT2D eigenvalue weighted by Crippen LogP contribution is 2.52. The lowest BCUT2D eigenvalue weighted by atomic mass is 9.82. The Morgan fingerprint density at radius 1 is 0.648 bits per heavy atom. The molecule has 9 aromatic rings. The average Bonchev–Trinajstić information content (AvgIpc) is 3.87. The second-order valence-corrected chi connectivity index (χ2v) is 15.8. The van der Waals surface area contributed by atoms with Gasteiger partial charge in [-0.3, -0.25) is 4.99 Å². The Kier molecular flexibility index (Phi) is 6.80. The topological polar surface area (TPSA) is 40.8 Å². The number of rotatable bonds is 5. The number of nitrogens with one attached hydrogen (secondary N) is 1. The molecule has 1 aliphatic carbocycles. The number of nitrogens with zero attached hydrogens (tertiary/aromatic N) is 2. The Morgan fingerprint density at radius 3 is 2.20 bits per heavy atom. The molecule has 0 fully saturated rings. The van der Waals surface area contributed by atoms with Gasteiger partial charge in [0.2, 0.25) is 0 Å². The Hall–Kier alpha value is -6.43. The van der Waals surface area contributed by atoms with Gasteiger partial charge in [-0.15, -0.1) is 11.3 Å². The van der Waals surface area contributed by atoms with Crippen molar-refractivity contribution in [2.24, 2.45) is 4.99 Å². The van der Waals surface area contributed by atoms with Gasteiger partial charge < -0.3 is 14.6 Å². The van der Waals surface area contributed by atoms with Crippen LogP contribution in [0.5, 0.6) is 0 Å². The molecule has 0 bridgehead atoms. The second-order valence-electron chi connectivity index (χ2n) is 14.7. The van der Waals surface area contributed by atoms with Gasteiger partial charge >= 0.3 is 0 Å². The van der Waals surface area contributed by atoms with E-state index >= 15 is 0 Å². The molecule has 4 nitrogen and oxygen atoms in total. The lowest BCUT2D eigenvalue weighted by Crippen LogP contribution is -2.20. The normalized spacial score (nSPS) is 15.4.